The maximum Gasteiger partial charge on any atom is 0.322 e. The Bertz CT molecular complexity index is 1400. The lowest BCUT2D eigenvalue weighted by Crippen LogP contribution is -2.29. The van der Waals surface area contributed by atoms with Crippen molar-refractivity contribution in [3.8, 4) is 11.1 Å². The lowest BCUT2D eigenvalue weighted by molar-refractivity contribution is -0.135. The van der Waals surface area contributed by atoms with Gasteiger partial charge in [-0.2, -0.15) is 0 Å². The van der Waals surface area contributed by atoms with Crippen LogP contribution in [-0.4, -0.2) is 34.8 Å². The number of aryl methyl sites for hydroxylation is 2. The Hall–Kier alpha value is -4.58. The SMILES string of the molecule is Cc1cc(C(CCc2ccc(-c3ccc(C(=O)NCC(=O)O)cc3)cc2)c2ccccc2C=O)ccn1. The van der Waals surface area contributed by atoms with Gasteiger partial charge in [-0.05, 0) is 71.8 Å². The molecule has 0 radical (unpaired) electrons. The van der Waals surface area contributed by atoms with Crippen molar-refractivity contribution in [3.63, 3.8) is 0 Å². The van der Waals surface area contributed by atoms with E-state index in [4.69, 9.17) is 5.11 Å². The first-order valence-electron chi connectivity index (χ1n) is 12.1. The topological polar surface area (TPSA) is 96.4 Å². The van der Waals surface area contributed by atoms with Crippen molar-refractivity contribution < 1.29 is 19.5 Å². The van der Waals surface area contributed by atoms with Crippen molar-refractivity contribution in [2.75, 3.05) is 6.54 Å². The number of carbonyl (C=O) groups excluding carboxylic acids is 2. The number of hydrogen-bond acceptors (Lipinski definition) is 4. The van der Waals surface area contributed by atoms with Gasteiger partial charge in [0.05, 0.1) is 0 Å². The van der Waals surface area contributed by atoms with Crippen molar-refractivity contribution in [2.24, 2.45) is 0 Å². The number of benzene rings is 3. The summed E-state index contributed by atoms with van der Waals surface area (Å²) in [5, 5.41) is 11.1. The molecule has 3 aromatic carbocycles. The molecule has 186 valence electrons. The van der Waals surface area contributed by atoms with E-state index >= 15 is 0 Å². The Balaban J connectivity index is 1.48. The zero-order valence-corrected chi connectivity index (χ0v) is 20.6. The fourth-order valence-corrected chi connectivity index (χ4v) is 4.47. The number of aldehydes is 1. The first-order valence-corrected chi connectivity index (χ1v) is 12.1. The number of aliphatic carboxylic acids is 1. The maximum atomic E-state index is 12.0. The molecular weight excluding hydrogens is 464 g/mol. The van der Waals surface area contributed by atoms with E-state index in [-0.39, 0.29) is 5.92 Å². The summed E-state index contributed by atoms with van der Waals surface area (Å²) in [6.07, 6.45) is 4.42. The third-order valence-electron chi connectivity index (χ3n) is 6.38. The summed E-state index contributed by atoms with van der Waals surface area (Å²) in [6.45, 7) is 1.56. The summed E-state index contributed by atoms with van der Waals surface area (Å²) in [7, 11) is 0. The summed E-state index contributed by atoms with van der Waals surface area (Å²) in [4.78, 5) is 38.7. The first kappa shape index (κ1) is 25.5. The zero-order chi connectivity index (χ0) is 26.2. The molecule has 0 bridgehead atoms. The zero-order valence-electron chi connectivity index (χ0n) is 20.6. The molecule has 2 N–H and O–H groups in total. The number of nitrogens with zero attached hydrogens (tertiary/aromatic N) is 1. The molecule has 6 heteroatoms. The van der Waals surface area contributed by atoms with Gasteiger partial charge in [-0.25, -0.2) is 0 Å². The molecule has 4 aromatic rings. The lowest BCUT2D eigenvalue weighted by atomic mass is 9.84. The molecule has 1 aromatic heterocycles. The van der Waals surface area contributed by atoms with Crippen LogP contribution < -0.4 is 5.32 Å². The van der Waals surface area contributed by atoms with Crippen LogP contribution in [0.4, 0.5) is 0 Å². The molecule has 0 spiro atoms. The first-order chi connectivity index (χ1) is 17.9. The molecule has 1 heterocycles. The second kappa shape index (κ2) is 11.9. The number of hydrogen-bond donors (Lipinski definition) is 2. The van der Waals surface area contributed by atoms with Crippen molar-refractivity contribution >= 4 is 18.2 Å². The number of rotatable bonds is 10. The second-order valence-corrected chi connectivity index (χ2v) is 8.92. The highest BCUT2D eigenvalue weighted by molar-refractivity contribution is 5.96. The van der Waals surface area contributed by atoms with Crippen LogP contribution in [0, 0.1) is 6.92 Å². The normalized spacial score (nSPS) is 11.5. The van der Waals surface area contributed by atoms with Gasteiger partial charge in [0.25, 0.3) is 5.91 Å². The van der Waals surface area contributed by atoms with Crippen LogP contribution in [-0.2, 0) is 11.2 Å². The standard InChI is InChI=1S/C31H28N2O4/c1-21-18-26(16-17-32-21)29(28-5-3-2-4-27(28)20-34)15-8-22-6-9-23(10-7-22)24-11-13-25(14-12-24)31(37)33-19-30(35)36/h2-7,9-14,16-18,20,29H,8,15,19H2,1H3,(H,33,37)(H,35,36). The van der Waals surface area contributed by atoms with E-state index in [1.807, 2.05) is 55.6 Å². The summed E-state index contributed by atoms with van der Waals surface area (Å²) in [6, 6.07) is 27.2. The monoisotopic (exact) mass is 492 g/mol. The quantitative estimate of drug-likeness (QED) is 0.287. The molecule has 0 saturated carbocycles. The highest BCUT2D eigenvalue weighted by Gasteiger charge is 2.18. The molecule has 0 saturated heterocycles. The lowest BCUT2D eigenvalue weighted by Gasteiger charge is -2.20. The molecule has 1 amide bonds. The Kier molecular flexibility index (Phi) is 8.21. The fraction of sp³-hybridized carbons (Fsp3) is 0.161. The fourth-order valence-electron chi connectivity index (χ4n) is 4.47. The molecule has 1 unspecified atom stereocenters. The predicted octanol–water partition coefficient (Wildman–Crippen LogP) is 5.45. The molecule has 1 atom stereocenters. The van der Waals surface area contributed by atoms with Gasteiger partial charge in [0.2, 0.25) is 0 Å². The average molecular weight is 493 g/mol. The molecule has 37 heavy (non-hydrogen) atoms. The van der Waals surface area contributed by atoms with Gasteiger partial charge in [-0.15, -0.1) is 0 Å². The smallest absolute Gasteiger partial charge is 0.322 e. The van der Waals surface area contributed by atoms with Crippen LogP contribution in [0.2, 0.25) is 0 Å². The van der Waals surface area contributed by atoms with Gasteiger partial charge in [0, 0.05) is 28.9 Å². The van der Waals surface area contributed by atoms with E-state index in [9.17, 15) is 14.4 Å². The Labute approximate surface area is 216 Å². The van der Waals surface area contributed by atoms with Crippen molar-refractivity contribution in [3.05, 3.63) is 125 Å². The van der Waals surface area contributed by atoms with Gasteiger partial charge in [0.1, 0.15) is 12.8 Å². The van der Waals surface area contributed by atoms with E-state index in [0.717, 1.165) is 47.1 Å². The Morgan fingerprint density at radius 3 is 2.27 bits per heavy atom. The van der Waals surface area contributed by atoms with Crippen LogP contribution in [0.5, 0.6) is 0 Å². The largest absolute Gasteiger partial charge is 0.480 e. The second-order valence-electron chi connectivity index (χ2n) is 8.92. The minimum Gasteiger partial charge on any atom is -0.480 e. The number of nitrogens with one attached hydrogen (secondary N) is 1. The van der Waals surface area contributed by atoms with Gasteiger partial charge in [-0.1, -0.05) is 60.7 Å². The van der Waals surface area contributed by atoms with Gasteiger partial charge in [-0.3, -0.25) is 19.4 Å². The minimum atomic E-state index is -1.08. The third kappa shape index (κ3) is 6.55. The summed E-state index contributed by atoms with van der Waals surface area (Å²) in [5.74, 6) is -1.43. The van der Waals surface area contributed by atoms with Crippen molar-refractivity contribution in [1.29, 1.82) is 0 Å². The number of carboxylic acids is 1. The minimum absolute atomic E-state index is 0.0718. The predicted molar refractivity (Wildman–Crippen MR) is 143 cm³/mol. The summed E-state index contributed by atoms with van der Waals surface area (Å²) in [5.41, 5.74) is 7.40. The van der Waals surface area contributed by atoms with Gasteiger partial charge in [0.15, 0.2) is 0 Å². The van der Waals surface area contributed by atoms with E-state index in [0.29, 0.717) is 11.1 Å². The highest BCUT2D eigenvalue weighted by Crippen LogP contribution is 2.32. The van der Waals surface area contributed by atoms with Crippen LogP contribution in [0.15, 0.2) is 91.1 Å². The van der Waals surface area contributed by atoms with Crippen LogP contribution in [0.3, 0.4) is 0 Å². The summed E-state index contributed by atoms with van der Waals surface area (Å²) < 4.78 is 0. The third-order valence-corrected chi connectivity index (χ3v) is 6.38. The van der Waals surface area contributed by atoms with Crippen molar-refractivity contribution in [1.82, 2.24) is 10.3 Å². The van der Waals surface area contributed by atoms with Crippen LogP contribution in [0.25, 0.3) is 11.1 Å². The molecular formula is C31H28N2O4. The van der Waals surface area contributed by atoms with Gasteiger partial charge < -0.3 is 10.4 Å². The molecule has 6 nitrogen and oxygen atoms in total. The Morgan fingerprint density at radius 1 is 0.946 bits per heavy atom. The van der Waals surface area contributed by atoms with E-state index in [1.54, 1.807) is 12.1 Å². The Morgan fingerprint density at radius 2 is 1.62 bits per heavy atom. The molecule has 4 rings (SSSR count). The molecule has 0 aliphatic rings. The van der Waals surface area contributed by atoms with E-state index in [1.165, 1.54) is 5.56 Å². The highest BCUT2D eigenvalue weighted by atomic mass is 16.4. The average Bonchev–Trinajstić information content (AvgIpc) is 2.92. The number of carbonyl (C=O) groups is 3. The number of pyridine rings is 1. The molecule has 0 aliphatic carbocycles. The molecule has 0 aliphatic heterocycles. The number of aromatic nitrogens is 1. The van der Waals surface area contributed by atoms with Crippen LogP contribution in [0.1, 0.15) is 55.4 Å². The summed E-state index contributed by atoms with van der Waals surface area (Å²) >= 11 is 0. The van der Waals surface area contributed by atoms with E-state index < -0.39 is 18.4 Å². The van der Waals surface area contributed by atoms with Gasteiger partial charge >= 0.3 is 5.97 Å². The molecule has 0 fully saturated rings. The maximum absolute atomic E-state index is 12.0. The van der Waals surface area contributed by atoms with Crippen LogP contribution >= 0.6 is 0 Å². The van der Waals surface area contributed by atoms with Crippen molar-refractivity contribution in [2.45, 2.75) is 25.7 Å². The van der Waals surface area contributed by atoms with E-state index in [2.05, 4.69) is 40.6 Å². The number of amides is 1. The number of carboxylic acid groups (broad SMARTS) is 1.